The number of benzene rings is 1. The second kappa shape index (κ2) is 6.83. The van der Waals surface area contributed by atoms with Gasteiger partial charge in [-0.3, -0.25) is 4.99 Å². The molecule has 19 heavy (non-hydrogen) atoms. The average molecular weight is 389 g/mol. The van der Waals surface area contributed by atoms with Crippen LogP contribution < -0.4 is 10.6 Å². The molecule has 0 amide bonds. The van der Waals surface area contributed by atoms with Crippen LogP contribution in [0.2, 0.25) is 0 Å². The van der Waals surface area contributed by atoms with Crippen LogP contribution >= 0.6 is 35.7 Å². The minimum atomic E-state index is 0. The average Bonchev–Trinajstić information content (AvgIpc) is 3.19. The van der Waals surface area contributed by atoms with Gasteiger partial charge < -0.3 is 10.6 Å². The van der Waals surface area contributed by atoms with Gasteiger partial charge in [-0.15, -0.1) is 35.7 Å². The zero-order valence-corrected chi connectivity index (χ0v) is 14.0. The second-order valence-corrected chi connectivity index (χ2v) is 6.50. The molecule has 1 aromatic rings. The van der Waals surface area contributed by atoms with E-state index in [9.17, 15) is 0 Å². The molecule has 0 radical (unpaired) electrons. The fraction of sp³-hybridized carbons (Fsp3) is 0.500. The summed E-state index contributed by atoms with van der Waals surface area (Å²) in [7, 11) is 0. The quantitative estimate of drug-likeness (QED) is 0.778. The van der Waals surface area contributed by atoms with E-state index in [2.05, 4.69) is 46.0 Å². The van der Waals surface area contributed by atoms with Crippen LogP contribution in [-0.2, 0) is 0 Å². The minimum Gasteiger partial charge on any atom is -0.356 e. The van der Waals surface area contributed by atoms with E-state index in [1.165, 1.54) is 17.7 Å². The van der Waals surface area contributed by atoms with Gasteiger partial charge in [0.05, 0.1) is 0 Å². The lowest BCUT2D eigenvalue weighted by Gasteiger charge is -2.20. The highest BCUT2D eigenvalue weighted by molar-refractivity contribution is 14.0. The molecule has 1 saturated carbocycles. The van der Waals surface area contributed by atoms with E-state index < -0.39 is 0 Å². The Labute approximate surface area is 136 Å². The smallest absolute Gasteiger partial charge is 0.191 e. The SMILES string of the molecule is I.c1ccc(SC2(CNC3=NCCCN3)CC2)cc1. The van der Waals surface area contributed by atoms with Crippen molar-refractivity contribution in [3.63, 3.8) is 0 Å². The number of hydrogen-bond donors (Lipinski definition) is 2. The van der Waals surface area contributed by atoms with E-state index in [-0.39, 0.29) is 24.0 Å². The van der Waals surface area contributed by atoms with Gasteiger partial charge in [0.25, 0.3) is 0 Å². The fourth-order valence-electron chi connectivity index (χ4n) is 2.09. The molecule has 0 unspecified atom stereocenters. The van der Waals surface area contributed by atoms with E-state index in [4.69, 9.17) is 0 Å². The van der Waals surface area contributed by atoms with Gasteiger partial charge in [-0.25, -0.2) is 0 Å². The van der Waals surface area contributed by atoms with E-state index in [0.717, 1.165) is 32.0 Å². The van der Waals surface area contributed by atoms with E-state index >= 15 is 0 Å². The van der Waals surface area contributed by atoms with Crippen LogP contribution in [0.15, 0.2) is 40.2 Å². The molecule has 1 heterocycles. The Morgan fingerprint density at radius 3 is 2.68 bits per heavy atom. The number of halogens is 1. The molecule has 0 aromatic heterocycles. The molecule has 2 aliphatic rings. The zero-order chi connectivity index (χ0) is 12.3. The number of guanidine groups is 1. The Bertz CT molecular complexity index is 432. The van der Waals surface area contributed by atoms with Crippen LogP contribution in [0.3, 0.4) is 0 Å². The maximum absolute atomic E-state index is 4.45. The third-order valence-corrected chi connectivity index (χ3v) is 4.85. The molecule has 2 N–H and O–H groups in total. The van der Waals surface area contributed by atoms with Crippen molar-refractivity contribution in [3.8, 4) is 0 Å². The number of rotatable bonds is 4. The monoisotopic (exact) mass is 389 g/mol. The summed E-state index contributed by atoms with van der Waals surface area (Å²) in [5.41, 5.74) is 0. The molecule has 1 aliphatic heterocycles. The maximum Gasteiger partial charge on any atom is 0.191 e. The van der Waals surface area contributed by atoms with Crippen LogP contribution in [0, 0.1) is 0 Å². The topological polar surface area (TPSA) is 36.4 Å². The first kappa shape index (κ1) is 15.0. The van der Waals surface area contributed by atoms with E-state index in [0.29, 0.717) is 4.75 Å². The maximum atomic E-state index is 4.45. The Kier molecular flexibility index (Phi) is 5.38. The van der Waals surface area contributed by atoms with Crippen LogP contribution in [-0.4, -0.2) is 30.3 Å². The van der Waals surface area contributed by atoms with Gasteiger partial charge in [0, 0.05) is 29.3 Å². The predicted octanol–water partition coefficient (Wildman–Crippen LogP) is 2.87. The van der Waals surface area contributed by atoms with Gasteiger partial charge >= 0.3 is 0 Å². The summed E-state index contributed by atoms with van der Waals surface area (Å²) in [5.74, 6) is 0.987. The Morgan fingerprint density at radius 1 is 1.26 bits per heavy atom. The van der Waals surface area contributed by atoms with Gasteiger partial charge in [0.2, 0.25) is 0 Å². The van der Waals surface area contributed by atoms with Crippen molar-refractivity contribution in [2.24, 2.45) is 4.99 Å². The number of hydrogen-bond acceptors (Lipinski definition) is 4. The molecule has 104 valence electrons. The third kappa shape index (κ3) is 4.27. The van der Waals surface area contributed by atoms with Crippen LogP contribution in [0.4, 0.5) is 0 Å². The van der Waals surface area contributed by atoms with Crippen molar-refractivity contribution in [1.29, 1.82) is 0 Å². The number of nitrogens with one attached hydrogen (secondary N) is 2. The number of nitrogens with zero attached hydrogens (tertiary/aromatic N) is 1. The molecule has 0 saturated heterocycles. The molecule has 1 fully saturated rings. The first-order valence-corrected chi connectivity index (χ1v) is 7.44. The zero-order valence-electron chi connectivity index (χ0n) is 10.9. The Morgan fingerprint density at radius 2 is 2.05 bits per heavy atom. The normalized spacial score (nSPS) is 19.7. The summed E-state index contributed by atoms with van der Waals surface area (Å²) >= 11 is 2.00. The molecule has 1 aromatic carbocycles. The Balaban J connectivity index is 0.00000133. The lowest BCUT2D eigenvalue weighted by molar-refractivity contribution is 0.692. The highest BCUT2D eigenvalue weighted by Gasteiger charge is 2.43. The van der Waals surface area contributed by atoms with Gasteiger partial charge in [-0.2, -0.15) is 0 Å². The molecule has 3 nitrogen and oxygen atoms in total. The summed E-state index contributed by atoms with van der Waals surface area (Å²) in [4.78, 5) is 5.82. The number of aliphatic imine (C=N–C) groups is 1. The lowest BCUT2D eigenvalue weighted by atomic mass is 10.4. The molecule has 1 aliphatic carbocycles. The van der Waals surface area contributed by atoms with Gasteiger partial charge in [-0.1, -0.05) is 18.2 Å². The minimum absolute atomic E-state index is 0. The third-order valence-electron chi connectivity index (χ3n) is 3.36. The van der Waals surface area contributed by atoms with E-state index in [1.807, 2.05) is 11.8 Å². The molecule has 0 spiro atoms. The van der Waals surface area contributed by atoms with Crippen LogP contribution in [0.5, 0.6) is 0 Å². The van der Waals surface area contributed by atoms with E-state index in [1.54, 1.807) is 0 Å². The van der Waals surface area contributed by atoms with Crippen molar-refractivity contribution in [2.45, 2.75) is 28.9 Å². The molecular weight excluding hydrogens is 369 g/mol. The summed E-state index contributed by atoms with van der Waals surface area (Å²) in [6.07, 6.45) is 3.74. The molecular formula is C14H20IN3S. The van der Waals surface area contributed by atoms with Crippen LogP contribution in [0.25, 0.3) is 0 Å². The van der Waals surface area contributed by atoms with Gasteiger partial charge in [0.15, 0.2) is 5.96 Å². The van der Waals surface area contributed by atoms with Crippen molar-refractivity contribution in [3.05, 3.63) is 30.3 Å². The molecule has 0 atom stereocenters. The summed E-state index contributed by atoms with van der Waals surface area (Å²) in [5, 5.41) is 6.78. The van der Waals surface area contributed by atoms with Gasteiger partial charge in [0.1, 0.15) is 0 Å². The molecule has 0 bridgehead atoms. The summed E-state index contributed by atoms with van der Waals surface area (Å²) in [6.45, 7) is 3.01. The fourth-order valence-corrected chi connectivity index (χ4v) is 3.33. The van der Waals surface area contributed by atoms with Crippen molar-refractivity contribution < 1.29 is 0 Å². The highest BCUT2D eigenvalue weighted by atomic mass is 127. The summed E-state index contributed by atoms with van der Waals surface area (Å²) in [6, 6.07) is 10.7. The predicted molar refractivity (Wildman–Crippen MR) is 92.6 cm³/mol. The van der Waals surface area contributed by atoms with Crippen molar-refractivity contribution in [2.75, 3.05) is 19.6 Å². The first-order valence-electron chi connectivity index (χ1n) is 6.63. The molecule has 5 heteroatoms. The van der Waals surface area contributed by atoms with Gasteiger partial charge in [-0.05, 0) is 31.4 Å². The lowest BCUT2D eigenvalue weighted by Crippen LogP contribution is -2.43. The second-order valence-electron chi connectivity index (χ2n) is 4.96. The number of thioether (sulfide) groups is 1. The van der Waals surface area contributed by atoms with Crippen LogP contribution in [0.1, 0.15) is 19.3 Å². The van der Waals surface area contributed by atoms with Crippen molar-refractivity contribution >= 4 is 41.7 Å². The van der Waals surface area contributed by atoms with Crippen molar-refractivity contribution in [1.82, 2.24) is 10.6 Å². The largest absolute Gasteiger partial charge is 0.356 e. The summed E-state index contributed by atoms with van der Waals surface area (Å²) < 4.78 is 0.392. The first-order chi connectivity index (χ1) is 8.86. The Hall–Kier alpha value is -0.430. The highest BCUT2D eigenvalue weighted by Crippen LogP contribution is 2.51. The standard InChI is InChI=1S/C14H19N3S.HI/c1-2-5-12(6-3-1)18-14(7-8-14)11-17-13-15-9-4-10-16-13;/h1-3,5-6H,4,7-11H2,(H2,15,16,17);1H. The molecule has 3 rings (SSSR count).